The van der Waals surface area contributed by atoms with Gasteiger partial charge in [-0.2, -0.15) is 13.0 Å². The number of benzene rings is 2. The molecule has 0 atom stereocenters. The topological polar surface area (TPSA) is 85.9 Å². The maximum Gasteiger partial charge on any atom is 0.265 e. The standard InChI is InChI=1S/C23H23NO6S3/c1-28-17-7-5-15(13-19(17)30-3)6-8-21-24(10-4-12-33(25,26)27)22-20(32-21)14-18(29-2)16-9-11-31-23(16)22/h5-9,11,13-14H,4,10,12H2,1-3H3/p+1. The second kappa shape index (κ2) is 9.68. The highest BCUT2D eigenvalue weighted by molar-refractivity contribution is 7.85. The minimum absolute atomic E-state index is 0.292. The van der Waals surface area contributed by atoms with E-state index in [1.165, 1.54) is 0 Å². The van der Waals surface area contributed by atoms with Gasteiger partial charge >= 0.3 is 0 Å². The first-order valence-electron chi connectivity index (χ1n) is 10.1. The molecule has 0 spiro atoms. The highest BCUT2D eigenvalue weighted by atomic mass is 32.2. The van der Waals surface area contributed by atoms with Gasteiger partial charge in [-0.3, -0.25) is 4.55 Å². The molecule has 2 heterocycles. The Balaban J connectivity index is 1.81. The number of rotatable bonds is 9. The van der Waals surface area contributed by atoms with E-state index in [0.717, 1.165) is 36.6 Å². The fraction of sp³-hybridized carbons (Fsp3) is 0.261. The van der Waals surface area contributed by atoms with Gasteiger partial charge in [0.05, 0.1) is 27.1 Å². The van der Waals surface area contributed by atoms with E-state index in [4.69, 9.17) is 14.2 Å². The summed E-state index contributed by atoms with van der Waals surface area (Å²) in [4.78, 5) is 0. The molecular formula is C23H24NO6S3+. The summed E-state index contributed by atoms with van der Waals surface area (Å²) in [6, 6.07) is 9.73. The number of nitrogens with zero attached hydrogens (tertiary/aromatic N) is 1. The van der Waals surface area contributed by atoms with E-state index in [9.17, 15) is 13.0 Å². The predicted octanol–water partition coefficient (Wildman–Crippen LogP) is 4.88. The summed E-state index contributed by atoms with van der Waals surface area (Å²) in [7, 11) is 0.824. The highest BCUT2D eigenvalue weighted by Crippen LogP contribution is 2.38. The van der Waals surface area contributed by atoms with Gasteiger partial charge in [0.2, 0.25) is 5.52 Å². The molecule has 7 nitrogen and oxygen atoms in total. The van der Waals surface area contributed by atoms with E-state index in [1.807, 2.05) is 47.9 Å². The van der Waals surface area contributed by atoms with Crippen molar-refractivity contribution < 1.29 is 31.7 Å². The quantitative estimate of drug-likeness (QED) is 0.257. The molecule has 0 bridgehead atoms. The van der Waals surface area contributed by atoms with Gasteiger partial charge in [0.25, 0.3) is 15.1 Å². The van der Waals surface area contributed by atoms with Crippen LogP contribution >= 0.6 is 22.7 Å². The second-order valence-corrected chi connectivity index (χ2v) is 10.8. The number of thiazole rings is 1. The fourth-order valence-corrected chi connectivity index (χ4v) is 6.37. The van der Waals surface area contributed by atoms with Gasteiger partial charge in [0.1, 0.15) is 15.1 Å². The van der Waals surface area contributed by atoms with Crippen LogP contribution in [0.2, 0.25) is 0 Å². The lowest BCUT2D eigenvalue weighted by molar-refractivity contribution is -0.667. The number of hydrogen-bond donors (Lipinski definition) is 1. The van der Waals surface area contributed by atoms with Crippen LogP contribution in [0.3, 0.4) is 0 Å². The Kier molecular flexibility index (Phi) is 6.89. The van der Waals surface area contributed by atoms with Gasteiger partial charge in [0.15, 0.2) is 18.0 Å². The average molecular weight is 507 g/mol. The van der Waals surface area contributed by atoms with Gasteiger partial charge < -0.3 is 14.2 Å². The van der Waals surface area contributed by atoms with Crippen LogP contribution in [-0.2, 0) is 16.7 Å². The molecule has 0 saturated carbocycles. The number of ether oxygens (including phenoxy) is 3. The molecule has 0 aliphatic carbocycles. The van der Waals surface area contributed by atoms with Gasteiger partial charge in [-0.05, 0) is 35.2 Å². The number of thiophene rings is 1. The normalized spacial score (nSPS) is 12.1. The van der Waals surface area contributed by atoms with Crippen LogP contribution in [0.4, 0.5) is 0 Å². The zero-order valence-corrected chi connectivity index (χ0v) is 20.9. The number of fused-ring (bicyclic) bond motifs is 3. The van der Waals surface area contributed by atoms with Gasteiger partial charge in [0, 0.05) is 23.9 Å². The molecule has 0 saturated heterocycles. The first-order chi connectivity index (χ1) is 15.8. The number of hydrogen-bond acceptors (Lipinski definition) is 7. The third-order valence-corrected chi connectivity index (χ3v) is 8.04. The van der Waals surface area contributed by atoms with Crippen molar-refractivity contribution in [1.82, 2.24) is 0 Å². The van der Waals surface area contributed by atoms with Crippen LogP contribution in [0, 0.1) is 0 Å². The third kappa shape index (κ3) is 4.98. The van der Waals surface area contributed by atoms with Crippen molar-refractivity contribution in [2.45, 2.75) is 13.0 Å². The van der Waals surface area contributed by atoms with Crippen molar-refractivity contribution >= 4 is 65.2 Å². The van der Waals surface area contributed by atoms with Crippen molar-refractivity contribution in [3.05, 3.63) is 46.3 Å². The molecule has 33 heavy (non-hydrogen) atoms. The molecule has 0 aliphatic heterocycles. The summed E-state index contributed by atoms with van der Waals surface area (Å²) < 4.78 is 52.3. The molecule has 2 aromatic heterocycles. The Morgan fingerprint density at radius 1 is 1.00 bits per heavy atom. The van der Waals surface area contributed by atoms with Crippen LogP contribution in [0.25, 0.3) is 32.5 Å². The molecule has 0 radical (unpaired) electrons. The van der Waals surface area contributed by atoms with E-state index in [-0.39, 0.29) is 5.75 Å². The van der Waals surface area contributed by atoms with Crippen LogP contribution in [0.15, 0.2) is 35.7 Å². The second-order valence-electron chi connectivity index (χ2n) is 7.27. The van der Waals surface area contributed by atoms with Gasteiger partial charge in [-0.25, -0.2) is 0 Å². The monoisotopic (exact) mass is 506 g/mol. The molecular weight excluding hydrogens is 482 g/mol. The van der Waals surface area contributed by atoms with Crippen molar-refractivity contribution in [3.8, 4) is 17.2 Å². The Morgan fingerprint density at radius 2 is 1.76 bits per heavy atom. The maximum absolute atomic E-state index is 11.3. The van der Waals surface area contributed by atoms with E-state index in [0.29, 0.717) is 24.5 Å². The Labute approximate surface area is 200 Å². The zero-order chi connectivity index (χ0) is 23.6. The minimum Gasteiger partial charge on any atom is -0.496 e. The molecule has 0 unspecified atom stereocenters. The summed E-state index contributed by atoms with van der Waals surface area (Å²) in [6.07, 6.45) is 4.28. The van der Waals surface area contributed by atoms with Crippen LogP contribution in [-0.4, -0.2) is 40.1 Å². The van der Waals surface area contributed by atoms with Gasteiger partial charge in [-0.1, -0.05) is 17.4 Å². The minimum atomic E-state index is -4.03. The van der Waals surface area contributed by atoms with Crippen molar-refractivity contribution in [1.29, 1.82) is 0 Å². The molecule has 4 aromatic rings. The van der Waals surface area contributed by atoms with E-state index in [1.54, 1.807) is 44.0 Å². The molecule has 174 valence electrons. The Hall–Kier alpha value is -2.66. The molecule has 1 N–H and O–H groups in total. The fourth-order valence-electron chi connectivity index (χ4n) is 3.72. The Bertz CT molecular complexity index is 1440. The van der Waals surface area contributed by atoms with E-state index < -0.39 is 10.1 Å². The lowest BCUT2D eigenvalue weighted by Crippen LogP contribution is -2.36. The smallest absolute Gasteiger partial charge is 0.265 e. The van der Waals surface area contributed by atoms with Crippen molar-refractivity contribution in [2.75, 3.05) is 27.1 Å². The van der Waals surface area contributed by atoms with Crippen molar-refractivity contribution in [3.63, 3.8) is 0 Å². The van der Waals surface area contributed by atoms with Crippen LogP contribution in [0.1, 0.15) is 17.0 Å². The summed E-state index contributed by atoms with van der Waals surface area (Å²) in [6.45, 7) is 0.449. The summed E-state index contributed by atoms with van der Waals surface area (Å²) >= 11 is 3.22. The number of aryl methyl sites for hydroxylation is 1. The first kappa shape index (κ1) is 23.5. The Morgan fingerprint density at radius 3 is 2.45 bits per heavy atom. The first-order valence-corrected chi connectivity index (χ1v) is 13.4. The van der Waals surface area contributed by atoms with Gasteiger partial charge in [-0.15, -0.1) is 11.3 Å². The molecule has 0 amide bonds. The molecule has 0 fully saturated rings. The van der Waals surface area contributed by atoms with E-state index >= 15 is 0 Å². The van der Waals surface area contributed by atoms with E-state index in [2.05, 4.69) is 4.57 Å². The molecule has 10 heteroatoms. The SMILES string of the molecule is COc1ccc(C=Cc2sc3cc(OC)c4ccsc4c3[n+]2CCCS(=O)(=O)O)cc1OC. The number of aromatic nitrogens is 1. The summed E-state index contributed by atoms with van der Waals surface area (Å²) in [5.41, 5.74) is 1.97. The zero-order valence-electron chi connectivity index (χ0n) is 18.4. The lowest BCUT2D eigenvalue weighted by atomic mass is 10.2. The number of methoxy groups -OCH3 is 3. The highest BCUT2D eigenvalue weighted by Gasteiger charge is 2.24. The molecule has 2 aromatic carbocycles. The lowest BCUT2D eigenvalue weighted by Gasteiger charge is -2.07. The van der Waals surface area contributed by atoms with Crippen molar-refractivity contribution in [2.24, 2.45) is 0 Å². The van der Waals surface area contributed by atoms with Crippen LogP contribution < -0.4 is 18.8 Å². The largest absolute Gasteiger partial charge is 0.496 e. The molecule has 4 rings (SSSR count). The third-order valence-electron chi connectivity index (χ3n) is 5.22. The summed E-state index contributed by atoms with van der Waals surface area (Å²) in [5, 5.41) is 4.00. The van der Waals surface area contributed by atoms with Crippen LogP contribution in [0.5, 0.6) is 17.2 Å². The maximum atomic E-state index is 11.3. The predicted molar refractivity (Wildman–Crippen MR) is 133 cm³/mol. The summed E-state index contributed by atoms with van der Waals surface area (Å²) in [5.74, 6) is 1.81. The molecule has 0 aliphatic rings. The average Bonchev–Trinajstić information content (AvgIpc) is 3.40.